The van der Waals surface area contributed by atoms with Crippen LogP contribution in [0.25, 0.3) is 0 Å². The van der Waals surface area contributed by atoms with Crippen LogP contribution in [0.4, 0.5) is 10.1 Å². The highest BCUT2D eigenvalue weighted by Crippen LogP contribution is 2.19. The van der Waals surface area contributed by atoms with E-state index in [0.717, 1.165) is 25.6 Å². The first-order chi connectivity index (χ1) is 8.94. The molecular formula is C12H18ClFN2O2S. The van der Waals surface area contributed by atoms with Gasteiger partial charge in [0, 0.05) is 0 Å². The molecule has 1 aromatic rings. The van der Waals surface area contributed by atoms with Crippen molar-refractivity contribution in [1.82, 2.24) is 5.32 Å². The van der Waals surface area contributed by atoms with E-state index in [1.54, 1.807) is 0 Å². The maximum atomic E-state index is 13.2. The topological polar surface area (TPSA) is 58.2 Å². The quantitative estimate of drug-likeness (QED) is 0.726. The molecule has 0 bridgehead atoms. The summed E-state index contributed by atoms with van der Waals surface area (Å²) in [5, 5.41) is 3.08. The monoisotopic (exact) mass is 308 g/mol. The van der Waals surface area contributed by atoms with Crippen molar-refractivity contribution in [2.24, 2.45) is 0 Å². The second-order valence-electron chi connectivity index (χ2n) is 4.11. The van der Waals surface area contributed by atoms with Gasteiger partial charge >= 0.3 is 0 Å². The fraction of sp³-hybridized carbons (Fsp3) is 0.500. The largest absolute Gasteiger partial charge is 0.317 e. The predicted octanol–water partition coefficient (Wildman–Crippen LogP) is 2.61. The normalized spacial score (nSPS) is 11.5. The molecule has 0 heterocycles. The molecule has 0 aliphatic carbocycles. The van der Waals surface area contributed by atoms with Crippen molar-refractivity contribution < 1.29 is 12.8 Å². The highest BCUT2D eigenvalue weighted by Gasteiger charge is 2.11. The first kappa shape index (κ1) is 16.2. The molecule has 1 aromatic carbocycles. The Bertz CT molecular complexity index is 508. The van der Waals surface area contributed by atoms with Gasteiger partial charge in [-0.05, 0) is 44.1 Å². The van der Waals surface area contributed by atoms with Crippen LogP contribution in [0, 0.1) is 5.82 Å². The van der Waals surface area contributed by atoms with Gasteiger partial charge in [-0.15, -0.1) is 0 Å². The minimum Gasteiger partial charge on any atom is -0.317 e. The Kier molecular flexibility index (Phi) is 6.54. The number of benzene rings is 1. The molecule has 7 heteroatoms. The van der Waals surface area contributed by atoms with Gasteiger partial charge in [0.2, 0.25) is 10.0 Å². The Morgan fingerprint density at radius 1 is 1.32 bits per heavy atom. The van der Waals surface area contributed by atoms with Crippen LogP contribution in [0.1, 0.15) is 19.8 Å². The molecule has 2 N–H and O–H groups in total. The third-order valence-corrected chi connectivity index (χ3v) is 4.14. The molecule has 0 radical (unpaired) electrons. The zero-order valence-electron chi connectivity index (χ0n) is 10.7. The standard InChI is InChI=1S/C12H18ClFN2O2S/c1-2-15-7-3-4-8-19(17,18)16-10-5-6-11(13)12(14)9-10/h5-6,9,15-16H,2-4,7-8H2,1H3. The Morgan fingerprint density at radius 2 is 2.05 bits per heavy atom. The Morgan fingerprint density at radius 3 is 2.68 bits per heavy atom. The van der Waals surface area contributed by atoms with E-state index in [0.29, 0.717) is 6.42 Å². The third kappa shape index (κ3) is 6.22. The van der Waals surface area contributed by atoms with Crippen LogP contribution in [0.2, 0.25) is 5.02 Å². The van der Waals surface area contributed by atoms with Crippen LogP contribution in [0.3, 0.4) is 0 Å². The molecule has 19 heavy (non-hydrogen) atoms. The van der Waals surface area contributed by atoms with Gasteiger partial charge in [-0.1, -0.05) is 18.5 Å². The Labute approximate surface area is 118 Å². The molecule has 0 amide bonds. The summed E-state index contributed by atoms with van der Waals surface area (Å²) in [7, 11) is -3.44. The van der Waals surface area contributed by atoms with Gasteiger partial charge in [0.1, 0.15) is 5.82 Å². The number of hydrogen-bond donors (Lipinski definition) is 2. The SMILES string of the molecule is CCNCCCCS(=O)(=O)Nc1ccc(Cl)c(F)c1. The summed E-state index contributed by atoms with van der Waals surface area (Å²) >= 11 is 5.52. The van der Waals surface area contributed by atoms with Crippen molar-refractivity contribution in [2.45, 2.75) is 19.8 Å². The third-order valence-electron chi connectivity index (χ3n) is 2.46. The van der Waals surface area contributed by atoms with Crippen molar-refractivity contribution in [3.63, 3.8) is 0 Å². The highest BCUT2D eigenvalue weighted by molar-refractivity contribution is 7.92. The lowest BCUT2D eigenvalue weighted by molar-refractivity contribution is 0.593. The van der Waals surface area contributed by atoms with Crippen molar-refractivity contribution in [3.8, 4) is 0 Å². The Balaban J connectivity index is 2.47. The second-order valence-corrected chi connectivity index (χ2v) is 6.36. The van der Waals surface area contributed by atoms with Crippen LogP contribution in [-0.4, -0.2) is 27.3 Å². The van der Waals surface area contributed by atoms with E-state index >= 15 is 0 Å². The first-order valence-corrected chi connectivity index (χ1v) is 8.14. The molecule has 0 saturated carbocycles. The lowest BCUT2D eigenvalue weighted by Gasteiger charge is -2.08. The second kappa shape index (κ2) is 7.67. The zero-order valence-corrected chi connectivity index (χ0v) is 12.3. The van der Waals surface area contributed by atoms with E-state index in [4.69, 9.17) is 11.6 Å². The van der Waals surface area contributed by atoms with Gasteiger partial charge < -0.3 is 5.32 Å². The average molecular weight is 309 g/mol. The molecular weight excluding hydrogens is 291 g/mol. The predicted molar refractivity (Wildman–Crippen MR) is 76.6 cm³/mol. The fourth-order valence-electron chi connectivity index (χ4n) is 1.51. The van der Waals surface area contributed by atoms with Gasteiger partial charge in [-0.2, -0.15) is 0 Å². The van der Waals surface area contributed by atoms with E-state index in [9.17, 15) is 12.8 Å². The molecule has 0 unspecified atom stereocenters. The molecule has 0 aromatic heterocycles. The molecule has 108 valence electrons. The lowest BCUT2D eigenvalue weighted by atomic mass is 10.3. The number of anilines is 1. The summed E-state index contributed by atoms with van der Waals surface area (Å²) in [6.45, 7) is 3.66. The van der Waals surface area contributed by atoms with Gasteiger partial charge in [0.05, 0.1) is 16.5 Å². The smallest absolute Gasteiger partial charge is 0.232 e. The number of sulfonamides is 1. The number of nitrogens with one attached hydrogen (secondary N) is 2. The molecule has 0 fully saturated rings. The van der Waals surface area contributed by atoms with Crippen molar-refractivity contribution in [3.05, 3.63) is 29.0 Å². The van der Waals surface area contributed by atoms with Crippen LogP contribution in [0.15, 0.2) is 18.2 Å². The first-order valence-electron chi connectivity index (χ1n) is 6.11. The lowest BCUT2D eigenvalue weighted by Crippen LogP contribution is -2.19. The number of halogens is 2. The van der Waals surface area contributed by atoms with Crippen LogP contribution in [-0.2, 0) is 10.0 Å². The number of rotatable bonds is 8. The van der Waals surface area contributed by atoms with Crippen LogP contribution in [0.5, 0.6) is 0 Å². The molecule has 0 spiro atoms. The van der Waals surface area contributed by atoms with E-state index in [-0.39, 0.29) is 16.5 Å². The van der Waals surface area contributed by atoms with E-state index in [1.807, 2.05) is 6.92 Å². The summed E-state index contributed by atoms with van der Waals surface area (Å²) in [5.74, 6) is -0.628. The molecule has 1 rings (SSSR count). The summed E-state index contributed by atoms with van der Waals surface area (Å²) in [6, 6.07) is 3.82. The van der Waals surface area contributed by atoms with E-state index < -0.39 is 15.8 Å². The zero-order chi connectivity index (χ0) is 14.3. The molecule has 0 aliphatic rings. The molecule has 0 saturated heterocycles. The van der Waals surface area contributed by atoms with Gasteiger partial charge in [-0.3, -0.25) is 4.72 Å². The van der Waals surface area contributed by atoms with E-state index in [1.165, 1.54) is 12.1 Å². The van der Waals surface area contributed by atoms with Crippen LogP contribution >= 0.6 is 11.6 Å². The number of unbranched alkanes of at least 4 members (excludes halogenated alkanes) is 1. The summed E-state index contributed by atoms with van der Waals surface area (Å²) < 4.78 is 39.0. The maximum Gasteiger partial charge on any atom is 0.232 e. The summed E-state index contributed by atoms with van der Waals surface area (Å²) in [6.07, 6.45) is 1.34. The van der Waals surface area contributed by atoms with Crippen molar-refractivity contribution in [1.29, 1.82) is 0 Å². The van der Waals surface area contributed by atoms with Gasteiger partial charge in [0.25, 0.3) is 0 Å². The summed E-state index contributed by atoms with van der Waals surface area (Å²) in [4.78, 5) is 0. The van der Waals surface area contributed by atoms with E-state index in [2.05, 4.69) is 10.0 Å². The van der Waals surface area contributed by atoms with Crippen molar-refractivity contribution in [2.75, 3.05) is 23.6 Å². The van der Waals surface area contributed by atoms with Gasteiger partial charge in [-0.25, -0.2) is 12.8 Å². The minimum atomic E-state index is -3.44. The van der Waals surface area contributed by atoms with Crippen LogP contribution < -0.4 is 10.0 Å². The minimum absolute atomic E-state index is 0.0165. The fourth-order valence-corrected chi connectivity index (χ4v) is 2.80. The average Bonchev–Trinajstić information content (AvgIpc) is 2.33. The van der Waals surface area contributed by atoms with Crippen molar-refractivity contribution >= 4 is 27.3 Å². The molecule has 0 aliphatic heterocycles. The van der Waals surface area contributed by atoms with Gasteiger partial charge in [0.15, 0.2) is 0 Å². The highest BCUT2D eigenvalue weighted by atomic mass is 35.5. The maximum absolute atomic E-state index is 13.2. The summed E-state index contributed by atoms with van der Waals surface area (Å²) in [5.41, 5.74) is 0.189. The number of hydrogen-bond acceptors (Lipinski definition) is 3. The molecule has 0 atom stereocenters. The Hall–Kier alpha value is -0.850. The molecule has 4 nitrogen and oxygen atoms in total.